The Morgan fingerprint density at radius 1 is 1.20 bits per heavy atom. The number of hydrogen-bond donors (Lipinski definition) is 2. The monoisotopic (exact) mass is 340 g/mol. The Labute approximate surface area is 149 Å². The average molecular weight is 340 g/mol. The number of nitrogens with one attached hydrogen (secondary N) is 1. The number of nitrogens with zero attached hydrogens (tertiary/aromatic N) is 2. The van der Waals surface area contributed by atoms with E-state index in [-0.39, 0.29) is 5.92 Å². The van der Waals surface area contributed by atoms with Gasteiger partial charge in [-0.1, -0.05) is 30.3 Å². The van der Waals surface area contributed by atoms with Crippen LogP contribution in [0.3, 0.4) is 0 Å². The number of benzene rings is 1. The van der Waals surface area contributed by atoms with Crippen LogP contribution in [0.4, 0.5) is 0 Å². The van der Waals surface area contributed by atoms with Gasteiger partial charge in [0.1, 0.15) is 0 Å². The van der Waals surface area contributed by atoms with Crippen molar-refractivity contribution >= 4 is 11.6 Å². The number of hydrazone groups is 1. The van der Waals surface area contributed by atoms with E-state index < -0.39 is 0 Å². The molecule has 2 saturated heterocycles. The zero-order chi connectivity index (χ0) is 17.2. The molecule has 1 aromatic rings. The highest BCUT2D eigenvalue weighted by Crippen LogP contribution is 2.46. The fraction of sp³-hybridized carbons (Fsp3) is 0.600. The molecule has 2 aliphatic heterocycles. The number of fused-ring (bicyclic) bond motifs is 1. The molecule has 0 bridgehead atoms. The summed E-state index contributed by atoms with van der Waals surface area (Å²) in [7, 11) is 0. The van der Waals surface area contributed by atoms with E-state index in [9.17, 15) is 4.79 Å². The zero-order valence-corrected chi connectivity index (χ0v) is 14.7. The number of carbonyl (C=O) groups excluding carboxylic acids is 1. The predicted octanol–water partition coefficient (Wildman–Crippen LogP) is 1.95. The van der Waals surface area contributed by atoms with Gasteiger partial charge in [-0.05, 0) is 49.1 Å². The zero-order valence-electron chi connectivity index (χ0n) is 14.7. The third-order valence-electron chi connectivity index (χ3n) is 6.41. The molecular formula is C20H28N4O. The van der Waals surface area contributed by atoms with E-state index in [1.165, 1.54) is 18.4 Å². The summed E-state index contributed by atoms with van der Waals surface area (Å²) in [5, 5.41) is 7.17. The molecule has 3 aliphatic rings. The van der Waals surface area contributed by atoms with Crippen molar-refractivity contribution < 1.29 is 4.79 Å². The maximum absolute atomic E-state index is 12.8. The Morgan fingerprint density at radius 2 is 1.92 bits per heavy atom. The predicted molar refractivity (Wildman–Crippen MR) is 99.2 cm³/mol. The normalized spacial score (nSPS) is 33.6. The van der Waals surface area contributed by atoms with Gasteiger partial charge < -0.3 is 16.1 Å². The van der Waals surface area contributed by atoms with Crippen molar-refractivity contribution in [3.05, 3.63) is 35.9 Å². The molecule has 0 spiro atoms. The van der Waals surface area contributed by atoms with Gasteiger partial charge in [0, 0.05) is 32.0 Å². The highest BCUT2D eigenvalue weighted by Gasteiger charge is 2.42. The molecule has 3 unspecified atom stereocenters. The molecule has 1 aromatic carbocycles. The topological polar surface area (TPSA) is 70.7 Å². The van der Waals surface area contributed by atoms with Crippen LogP contribution >= 0.6 is 0 Å². The van der Waals surface area contributed by atoms with Crippen LogP contribution in [-0.2, 0) is 4.79 Å². The van der Waals surface area contributed by atoms with Gasteiger partial charge in [0.25, 0.3) is 0 Å². The Kier molecular flexibility index (Phi) is 4.75. The molecule has 0 aromatic heterocycles. The first-order chi connectivity index (χ1) is 12.2. The number of nitrogens with two attached hydrogens (primary N) is 1. The van der Waals surface area contributed by atoms with Crippen LogP contribution in [0.25, 0.3) is 0 Å². The van der Waals surface area contributed by atoms with Gasteiger partial charge in [0.15, 0.2) is 0 Å². The lowest BCUT2D eigenvalue weighted by atomic mass is 9.92. The molecular weight excluding hydrogens is 312 g/mol. The first-order valence-electron chi connectivity index (χ1n) is 9.54. The Bertz CT molecular complexity index is 630. The van der Waals surface area contributed by atoms with Crippen LogP contribution < -0.4 is 11.2 Å². The Hall–Kier alpha value is -1.88. The van der Waals surface area contributed by atoms with Gasteiger partial charge in [0.05, 0.1) is 5.71 Å². The summed E-state index contributed by atoms with van der Waals surface area (Å²) in [4.78, 5) is 14.9. The minimum absolute atomic E-state index is 0.219. The van der Waals surface area contributed by atoms with Crippen LogP contribution in [-0.4, -0.2) is 42.7 Å². The van der Waals surface area contributed by atoms with Crippen molar-refractivity contribution in [1.82, 2.24) is 10.2 Å². The molecule has 4 rings (SSSR count). The van der Waals surface area contributed by atoms with Gasteiger partial charge in [0.2, 0.25) is 5.91 Å². The number of amides is 1. The van der Waals surface area contributed by atoms with E-state index in [1.54, 1.807) is 0 Å². The summed E-state index contributed by atoms with van der Waals surface area (Å²) in [6.07, 6.45) is 3.97. The Balaban J connectivity index is 1.33. The standard InChI is InChI=1S/C20H28N4O/c21-23-19-11-22-7-6-15(19)10-20(25)24-12-17-8-16(9-18(17)13-24)14-4-2-1-3-5-14/h1-5,15-18,22H,6-13,21H2/b23-19+. The Morgan fingerprint density at radius 3 is 2.60 bits per heavy atom. The van der Waals surface area contributed by atoms with Crippen LogP contribution in [0, 0.1) is 17.8 Å². The van der Waals surface area contributed by atoms with Gasteiger partial charge in [-0.15, -0.1) is 0 Å². The van der Waals surface area contributed by atoms with E-state index >= 15 is 0 Å². The smallest absolute Gasteiger partial charge is 0.223 e. The van der Waals surface area contributed by atoms with Crippen molar-refractivity contribution in [1.29, 1.82) is 0 Å². The highest BCUT2D eigenvalue weighted by atomic mass is 16.2. The van der Waals surface area contributed by atoms with Crippen LogP contribution in [0.2, 0.25) is 0 Å². The highest BCUT2D eigenvalue weighted by molar-refractivity contribution is 5.92. The molecule has 3 N–H and O–H groups in total. The largest absolute Gasteiger partial charge is 0.342 e. The molecule has 1 aliphatic carbocycles. The van der Waals surface area contributed by atoms with Crippen molar-refractivity contribution in [2.45, 2.75) is 31.6 Å². The molecule has 1 saturated carbocycles. The fourth-order valence-electron chi connectivity index (χ4n) is 5.02. The van der Waals surface area contributed by atoms with Gasteiger partial charge in [-0.3, -0.25) is 4.79 Å². The maximum Gasteiger partial charge on any atom is 0.223 e. The van der Waals surface area contributed by atoms with Gasteiger partial charge >= 0.3 is 0 Å². The first kappa shape index (κ1) is 16.6. The molecule has 25 heavy (non-hydrogen) atoms. The second kappa shape index (κ2) is 7.16. The van der Waals surface area contributed by atoms with Crippen molar-refractivity contribution in [3.8, 4) is 0 Å². The van der Waals surface area contributed by atoms with E-state index in [1.807, 2.05) is 0 Å². The first-order valence-corrected chi connectivity index (χ1v) is 9.54. The summed E-state index contributed by atoms with van der Waals surface area (Å²) in [6.45, 7) is 3.54. The average Bonchev–Trinajstić information content (AvgIpc) is 3.22. The number of piperidine rings is 1. The van der Waals surface area contributed by atoms with Crippen molar-refractivity contribution in [2.24, 2.45) is 28.7 Å². The molecule has 2 heterocycles. The third kappa shape index (κ3) is 3.43. The van der Waals surface area contributed by atoms with E-state index in [2.05, 4.69) is 45.6 Å². The third-order valence-corrected chi connectivity index (χ3v) is 6.41. The lowest BCUT2D eigenvalue weighted by Gasteiger charge is -2.26. The molecule has 3 fully saturated rings. The quantitative estimate of drug-likeness (QED) is 0.653. The van der Waals surface area contributed by atoms with E-state index in [0.717, 1.165) is 38.3 Å². The molecule has 5 heteroatoms. The van der Waals surface area contributed by atoms with Crippen LogP contribution in [0.1, 0.15) is 37.2 Å². The minimum Gasteiger partial charge on any atom is -0.342 e. The second-order valence-electron chi connectivity index (χ2n) is 7.88. The van der Waals surface area contributed by atoms with Gasteiger partial charge in [-0.2, -0.15) is 5.10 Å². The van der Waals surface area contributed by atoms with Crippen LogP contribution in [0.15, 0.2) is 35.4 Å². The summed E-state index contributed by atoms with van der Waals surface area (Å²) in [6, 6.07) is 10.8. The molecule has 3 atom stereocenters. The van der Waals surface area contributed by atoms with E-state index in [4.69, 9.17) is 5.84 Å². The molecule has 1 amide bonds. The SMILES string of the molecule is N/N=C1\CNCCC1CC(=O)N1CC2CC(c3ccccc3)CC2C1. The van der Waals surface area contributed by atoms with Crippen molar-refractivity contribution in [2.75, 3.05) is 26.2 Å². The maximum atomic E-state index is 12.8. The number of likely N-dealkylation sites (tertiary alicyclic amines) is 1. The lowest BCUT2D eigenvalue weighted by Crippen LogP contribution is -2.41. The summed E-state index contributed by atoms with van der Waals surface area (Å²) >= 11 is 0. The fourth-order valence-corrected chi connectivity index (χ4v) is 5.02. The lowest BCUT2D eigenvalue weighted by molar-refractivity contribution is -0.131. The van der Waals surface area contributed by atoms with Gasteiger partial charge in [-0.25, -0.2) is 0 Å². The van der Waals surface area contributed by atoms with Crippen LogP contribution in [0.5, 0.6) is 0 Å². The summed E-state index contributed by atoms with van der Waals surface area (Å²) in [5.41, 5.74) is 2.41. The van der Waals surface area contributed by atoms with E-state index in [0.29, 0.717) is 30.1 Å². The number of carbonyl (C=O) groups is 1. The second-order valence-corrected chi connectivity index (χ2v) is 7.88. The molecule has 0 radical (unpaired) electrons. The summed E-state index contributed by atoms with van der Waals surface area (Å²) < 4.78 is 0. The minimum atomic E-state index is 0.219. The van der Waals surface area contributed by atoms with Crippen molar-refractivity contribution in [3.63, 3.8) is 0 Å². The number of hydrogen-bond acceptors (Lipinski definition) is 4. The number of rotatable bonds is 3. The summed E-state index contributed by atoms with van der Waals surface area (Å²) in [5.74, 6) is 8.02. The molecule has 5 nitrogen and oxygen atoms in total. The molecule has 134 valence electrons.